The van der Waals surface area contributed by atoms with E-state index in [-0.39, 0.29) is 23.7 Å². The van der Waals surface area contributed by atoms with Crippen LogP contribution in [0.2, 0.25) is 0 Å². The average Bonchev–Trinajstić information content (AvgIpc) is 3.28. The monoisotopic (exact) mass is 455 g/mol. The van der Waals surface area contributed by atoms with Crippen LogP contribution in [0.4, 0.5) is 5.69 Å². The van der Waals surface area contributed by atoms with Gasteiger partial charge in [-0.05, 0) is 62.1 Å². The fourth-order valence-electron chi connectivity index (χ4n) is 4.74. The lowest BCUT2D eigenvalue weighted by atomic mass is 10.0. The van der Waals surface area contributed by atoms with Crippen LogP contribution in [-0.2, 0) is 21.2 Å². The molecule has 0 aliphatic carbocycles. The van der Waals surface area contributed by atoms with Crippen molar-refractivity contribution in [2.24, 2.45) is 0 Å². The largest absolute Gasteiger partial charge is 0.371 e. The highest BCUT2D eigenvalue weighted by atomic mass is 32.2. The van der Waals surface area contributed by atoms with Crippen molar-refractivity contribution in [2.45, 2.75) is 56.1 Å². The summed E-state index contributed by atoms with van der Waals surface area (Å²) < 4.78 is 24.0. The standard InChI is InChI=1S/C25H33N3O3S/c1-2-32(30,31)23-12-10-22(11-13-23)27-17-14-21(15-18-27)26-25(29)24-9-6-16-28(24)19-20-7-4-3-5-8-20/h3-5,7-8,10-13,21,24H,2,6,9,14-19H2,1H3,(H,26,29). The number of likely N-dealkylation sites (tertiary alicyclic amines) is 1. The van der Waals surface area contributed by atoms with Crippen LogP contribution >= 0.6 is 0 Å². The van der Waals surface area contributed by atoms with Crippen molar-refractivity contribution < 1.29 is 13.2 Å². The van der Waals surface area contributed by atoms with Crippen LogP contribution in [0.25, 0.3) is 0 Å². The molecule has 32 heavy (non-hydrogen) atoms. The molecule has 2 fully saturated rings. The van der Waals surface area contributed by atoms with Gasteiger partial charge in [-0.25, -0.2) is 8.42 Å². The number of nitrogens with zero attached hydrogens (tertiary/aromatic N) is 2. The summed E-state index contributed by atoms with van der Waals surface area (Å²) in [6, 6.07) is 17.7. The molecular formula is C25H33N3O3S. The molecule has 6 nitrogen and oxygen atoms in total. The molecule has 1 amide bonds. The second-order valence-corrected chi connectivity index (χ2v) is 11.1. The van der Waals surface area contributed by atoms with Gasteiger partial charge in [0.25, 0.3) is 0 Å². The van der Waals surface area contributed by atoms with Crippen molar-refractivity contribution in [2.75, 3.05) is 30.3 Å². The van der Waals surface area contributed by atoms with Gasteiger partial charge in [-0.2, -0.15) is 0 Å². The lowest BCUT2D eigenvalue weighted by Gasteiger charge is -2.35. The molecule has 0 radical (unpaired) electrons. The van der Waals surface area contributed by atoms with Crippen molar-refractivity contribution in [3.8, 4) is 0 Å². The van der Waals surface area contributed by atoms with Crippen LogP contribution < -0.4 is 10.2 Å². The predicted octanol–water partition coefficient (Wildman–Crippen LogP) is 3.23. The van der Waals surface area contributed by atoms with Gasteiger partial charge in [0.1, 0.15) is 0 Å². The van der Waals surface area contributed by atoms with E-state index in [0.717, 1.165) is 57.5 Å². The van der Waals surface area contributed by atoms with E-state index in [2.05, 4.69) is 27.2 Å². The van der Waals surface area contributed by atoms with Crippen molar-refractivity contribution in [1.82, 2.24) is 10.2 Å². The number of piperidine rings is 1. The molecule has 1 N–H and O–H groups in total. The zero-order valence-corrected chi connectivity index (χ0v) is 19.6. The van der Waals surface area contributed by atoms with Gasteiger partial charge in [0.15, 0.2) is 9.84 Å². The first-order chi connectivity index (χ1) is 15.5. The van der Waals surface area contributed by atoms with E-state index in [1.165, 1.54) is 5.56 Å². The van der Waals surface area contributed by atoms with Gasteiger partial charge in [-0.3, -0.25) is 9.69 Å². The Morgan fingerprint density at radius 1 is 0.969 bits per heavy atom. The van der Waals surface area contributed by atoms with E-state index in [9.17, 15) is 13.2 Å². The van der Waals surface area contributed by atoms with Crippen LogP contribution in [0.15, 0.2) is 59.5 Å². The Morgan fingerprint density at radius 2 is 1.66 bits per heavy atom. The molecule has 7 heteroatoms. The topological polar surface area (TPSA) is 69.7 Å². The number of nitrogens with one attached hydrogen (secondary N) is 1. The highest BCUT2D eigenvalue weighted by Crippen LogP contribution is 2.24. The fraction of sp³-hybridized carbons (Fsp3) is 0.480. The number of hydrogen-bond donors (Lipinski definition) is 1. The summed E-state index contributed by atoms with van der Waals surface area (Å²) in [5.74, 6) is 0.271. The predicted molar refractivity (Wildman–Crippen MR) is 127 cm³/mol. The van der Waals surface area contributed by atoms with Crippen molar-refractivity contribution in [1.29, 1.82) is 0 Å². The highest BCUT2D eigenvalue weighted by molar-refractivity contribution is 7.91. The minimum atomic E-state index is -3.17. The highest BCUT2D eigenvalue weighted by Gasteiger charge is 2.32. The van der Waals surface area contributed by atoms with E-state index in [1.807, 2.05) is 30.3 Å². The molecule has 2 heterocycles. The first-order valence-corrected chi connectivity index (χ1v) is 13.3. The minimum Gasteiger partial charge on any atom is -0.371 e. The van der Waals surface area contributed by atoms with Crippen LogP contribution in [0.3, 0.4) is 0 Å². The van der Waals surface area contributed by atoms with E-state index in [0.29, 0.717) is 4.90 Å². The fourth-order valence-corrected chi connectivity index (χ4v) is 5.62. The van der Waals surface area contributed by atoms with Crippen molar-refractivity contribution >= 4 is 21.4 Å². The summed E-state index contributed by atoms with van der Waals surface area (Å²) in [5, 5.41) is 3.30. The van der Waals surface area contributed by atoms with Gasteiger partial charge >= 0.3 is 0 Å². The summed E-state index contributed by atoms with van der Waals surface area (Å²) in [6.45, 7) is 5.15. The van der Waals surface area contributed by atoms with Gasteiger partial charge < -0.3 is 10.2 Å². The number of rotatable bonds is 7. The maximum atomic E-state index is 13.0. The second kappa shape index (κ2) is 10.0. The molecule has 1 unspecified atom stereocenters. The summed E-state index contributed by atoms with van der Waals surface area (Å²) in [6.07, 6.45) is 3.77. The zero-order chi connectivity index (χ0) is 22.6. The molecule has 172 valence electrons. The Labute approximate surface area is 191 Å². The lowest BCUT2D eigenvalue weighted by Crippen LogP contribution is -2.50. The first kappa shape index (κ1) is 22.8. The van der Waals surface area contributed by atoms with Gasteiger partial charge in [-0.1, -0.05) is 37.3 Å². The molecule has 2 aromatic rings. The summed E-state index contributed by atoms with van der Waals surface area (Å²) in [7, 11) is -3.17. The Morgan fingerprint density at radius 3 is 2.31 bits per heavy atom. The van der Waals surface area contributed by atoms with E-state index in [4.69, 9.17) is 0 Å². The third kappa shape index (κ3) is 5.33. The molecule has 0 aromatic heterocycles. The molecule has 2 aliphatic heterocycles. The maximum Gasteiger partial charge on any atom is 0.237 e. The number of carbonyl (C=O) groups is 1. The quantitative estimate of drug-likeness (QED) is 0.694. The van der Waals surface area contributed by atoms with Gasteiger partial charge in [-0.15, -0.1) is 0 Å². The Balaban J connectivity index is 1.28. The first-order valence-electron chi connectivity index (χ1n) is 11.6. The van der Waals surface area contributed by atoms with Crippen LogP contribution in [0.1, 0.15) is 38.2 Å². The molecular weight excluding hydrogens is 422 g/mol. The SMILES string of the molecule is CCS(=O)(=O)c1ccc(N2CCC(NC(=O)C3CCCN3Cc3ccccc3)CC2)cc1. The van der Waals surface area contributed by atoms with Gasteiger partial charge in [0.2, 0.25) is 5.91 Å². The molecule has 4 rings (SSSR count). The number of sulfone groups is 1. The van der Waals surface area contributed by atoms with E-state index in [1.54, 1.807) is 19.1 Å². The normalized spacial score (nSPS) is 20.4. The third-order valence-corrected chi connectivity index (χ3v) is 8.43. The number of benzene rings is 2. The smallest absolute Gasteiger partial charge is 0.237 e. The number of hydrogen-bond acceptors (Lipinski definition) is 5. The van der Waals surface area contributed by atoms with Gasteiger partial charge in [0.05, 0.1) is 16.7 Å². The molecule has 0 bridgehead atoms. The number of amides is 1. The van der Waals surface area contributed by atoms with Crippen molar-refractivity contribution in [3.63, 3.8) is 0 Å². The van der Waals surface area contributed by atoms with E-state index >= 15 is 0 Å². The molecule has 2 aromatic carbocycles. The Kier molecular flexibility index (Phi) is 7.16. The Bertz CT molecular complexity index is 1000. The van der Waals surface area contributed by atoms with Crippen LogP contribution in [0, 0.1) is 0 Å². The minimum absolute atomic E-state index is 0.0405. The molecule has 2 aliphatic rings. The summed E-state index contributed by atoms with van der Waals surface area (Å²) in [5.41, 5.74) is 2.29. The molecule has 0 spiro atoms. The molecule has 2 saturated heterocycles. The Hall–Kier alpha value is -2.38. The second-order valence-electron chi connectivity index (χ2n) is 8.78. The van der Waals surface area contributed by atoms with Crippen LogP contribution in [0.5, 0.6) is 0 Å². The summed E-state index contributed by atoms with van der Waals surface area (Å²) >= 11 is 0. The average molecular weight is 456 g/mol. The molecule has 0 saturated carbocycles. The summed E-state index contributed by atoms with van der Waals surface area (Å²) in [4.78, 5) is 17.9. The maximum absolute atomic E-state index is 13.0. The lowest BCUT2D eigenvalue weighted by molar-refractivity contribution is -0.126. The zero-order valence-electron chi connectivity index (χ0n) is 18.7. The molecule has 1 atom stereocenters. The van der Waals surface area contributed by atoms with Gasteiger partial charge in [0, 0.05) is 31.4 Å². The third-order valence-electron chi connectivity index (χ3n) is 6.68. The number of anilines is 1. The number of carbonyl (C=O) groups excluding carboxylic acids is 1. The van der Waals surface area contributed by atoms with Crippen LogP contribution in [-0.4, -0.2) is 56.7 Å². The van der Waals surface area contributed by atoms with Crippen molar-refractivity contribution in [3.05, 3.63) is 60.2 Å². The van der Waals surface area contributed by atoms with E-state index < -0.39 is 9.84 Å².